The maximum Gasteiger partial charge on any atom is 0.426 e. The summed E-state index contributed by atoms with van der Waals surface area (Å²) < 4.78 is 5.25. The lowest BCUT2D eigenvalue weighted by molar-refractivity contribution is -0.384. The van der Waals surface area contributed by atoms with Crippen molar-refractivity contribution in [3.8, 4) is 0 Å². The minimum Gasteiger partial charge on any atom is -0.443 e. The van der Waals surface area contributed by atoms with Gasteiger partial charge in [0.1, 0.15) is 18.2 Å². The van der Waals surface area contributed by atoms with Crippen LogP contribution in [-0.2, 0) is 20.7 Å². The SMILES string of the molecule is CC(C)(C)OC(=O)NN1CC(=O)N2[C@@H](c3cccc([N+](=O)[O-])c3)c3[nH]c4ccccc4c3C[C@@H]2C1=O. The van der Waals surface area contributed by atoms with Gasteiger partial charge < -0.3 is 14.6 Å². The van der Waals surface area contributed by atoms with E-state index in [0.29, 0.717) is 11.3 Å². The van der Waals surface area contributed by atoms with E-state index in [0.717, 1.165) is 21.5 Å². The lowest BCUT2D eigenvalue weighted by atomic mass is 9.86. The number of hydrazine groups is 1. The van der Waals surface area contributed by atoms with E-state index < -0.39 is 47.1 Å². The first kappa shape index (κ1) is 23.3. The molecule has 0 bridgehead atoms. The van der Waals surface area contributed by atoms with Gasteiger partial charge in [-0.15, -0.1) is 0 Å². The average Bonchev–Trinajstić information content (AvgIpc) is 3.18. The van der Waals surface area contributed by atoms with Crippen LogP contribution >= 0.6 is 0 Å². The molecular formula is C25H25N5O6. The summed E-state index contributed by atoms with van der Waals surface area (Å²) in [5.74, 6) is -0.872. The van der Waals surface area contributed by atoms with E-state index in [1.165, 1.54) is 17.0 Å². The molecule has 1 fully saturated rings. The van der Waals surface area contributed by atoms with Crippen molar-refractivity contribution in [1.82, 2.24) is 20.3 Å². The van der Waals surface area contributed by atoms with Gasteiger partial charge in [-0.1, -0.05) is 30.3 Å². The molecule has 11 heteroatoms. The molecule has 3 amide bonds. The number of piperazine rings is 1. The Balaban J connectivity index is 1.59. The number of benzene rings is 2. The van der Waals surface area contributed by atoms with Crippen LogP contribution in [-0.4, -0.2) is 55.9 Å². The van der Waals surface area contributed by atoms with E-state index in [2.05, 4.69) is 10.4 Å². The van der Waals surface area contributed by atoms with E-state index >= 15 is 0 Å². The number of carbonyl (C=O) groups excluding carboxylic acids is 3. The molecule has 2 aromatic carbocycles. The van der Waals surface area contributed by atoms with Crippen LogP contribution < -0.4 is 5.43 Å². The number of carbonyl (C=O) groups is 3. The maximum absolute atomic E-state index is 13.6. The molecule has 0 spiro atoms. The molecule has 2 N–H and O–H groups in total. The van der Waals surface area contributed by atoms with Crippen molar-refractivity contribution in [3.63, 3.8) is 0 Å². The molecule has 2 atom stereocenters. The van der Waals surface area contributed by atoms with Crippen molar-refractivity contribution in [2.45, 2.75) is 44.9 Å². The van der Waals surface area contributed by atoms with Crippen molar-refractivity contribution in [3.05, 3.63) is 75.5 Å². The summed E-state index contributed by atoms with van der Waals surface area (Å²) in [7, 11) is 0. The normalized spacial score (nSPS) is 19.6. The molecule has 5 rings (SSSR count). The number of nitro benzene ring substituents is 1. The summed E-state index contributed by atoms with van der Waals surface area (Å²) in [4.78, 5) is 55.2. The Kier molecular flexibility index (Phi) is 5.42. The molecule has 0 aliphatic carbocycles. The molecule has 2 aliphatic rings. The second-order valence-electron chi connectivity index (χ2n) is 9.88. The minimum atomic E-state index is -0.919. The van der Waals surface area contributed by atoms with E-state index in [1.54, 1.807) is 32.9 Å². The quantitative estimate of drug-likeness (QED) is 0.426. The summed E-state index contributed by atoms with van der Waals surface area (Å²) >= 11 is 0. The summed E-state index contributed by atoms with van der Waals surface area (Å²) in [5.41, 5.74) is 4.41. The predicted molar refractivity (Wildman–Crippen MR) is 129 cm³/mol. The van der Waals surface area contributed by atoms with E-state index in [9.17, 15) is 24.5 Å². The second-order valence-corrected chi connectivity index (χ2v) is 9.88. The number of aromatic amines is 1. The number of hydrogen-bond donors (Lipinski definition) is 2. The van der Waals surface area contributed by atoms with Gasteiger partial charge in [0.05, 0.1) is 11.0 Å². The fraction of sp³-hybridized carbons (Fsp3) is 0.320. The molecule has 11 nitrogen and oxygen atoms in total. The van der Waals surface area contributed by atoms with Crippen LogP contribution in [0, 0.1) is 10.1 Å². The third-order valence-electron chi connectivity index (χ3n) is 6.29. The van der Waals surface area contributed by atoms with Gasteiger partial charge in [-0.2, -0.15) is 0 Å². The number of nitrogens with zero attached hydrogens (tertiary/aromatic N) is 3. The lowest BCUT2D eigenvalue weighted by Crippen LogP contribution is -2.66. The number of nitro groups is 1. The van der Waals surface area contributed by atoms with Gasteiger partial charge in [0.15, 0.2) is 0 Å². The number of fused-ring (bicyclic) bond motifs is 4. The highest BCUT2D eigenvalue weighted by atomic mass is 16.6. The highest BCUT2D eigenvalue weighted by Gasteiger charge is 2.49. The zero-order valence-corrected chi connectivity index (χ0v) is 20.0. The van der Waals surface area contributed by atoms with Gasteiger partial charge in [-0.05, 0) is 38.0 Å². The highest BCUT2D eigenvalue weighted by molar-refractivity contribution is 5.98. The first-order valence-electron chi connectivity index (χ1n) is 11.5. The van der Waals surface area contributed by atoms with Crippen molar-refractivity contribution < 1.29 is 24.0 Å². The van der Waals surface area contributed by atoms with Gasteiger partial charge in [-0.3, -0.25) is 19.7 Å². The van der Waals surface area contributed by atoms with Crippen molar-refractivity contribution in [2.75, 3.05) is 6.54 Å². The molecular weight excluding hydrogens is 466 g/mol. The lowest BCUT2D eigenvalue weighted by Gasteiger charge is -2.46. The smallest absolute Gasteiger partial charge is 0.426 e. The fourth-order valence-corrected chi connectivity index (χ4v) is 4.93. The molecule has 0 radical (unpaired) electrons. The van der Waals surface area contributed by atoms with Crippen LogP contribution in [0.5, 0.6) is 0 Å². The predicted octanol–water partition coefficient (Wildman–Crippen LogP) is 3.20. The third-order valence-corrected chi connectivity index (χ3v) is 6.29. The maximum atomic E-state index is 13.6. The molecule has 0 saturated carbocycles. The molecule has 1 aromatic heterocycles. The van der Waals surface area contributed by atoms with Crippen LogP contribution in [0.15, 0.2) is 48.5 Å². The number of ether oxygens (including phenoxy) is 1. The Bertz CT molecular complexity index is 1410. The van der Waals surface area contributed by atoms with Crippen molar-refractivity contribution in [2.24, 2.45) is 0 Å². The highest BCUT2D eigenvalue weighted by Crippen LogP contribution is 2.42. The monoisotopic (exact) mass is 491 g/mol. The second kappa shape index (κ2) is 8.36. The summed E-state index contributed by atoms with van der Waals surface area (Å²) in [6.07, 6.45) is -0.613. The van der Waals surface area contributed by atoms with Gasteiger partial charge in [0, 0.05) is 35.2 Å². The van der Waals surface area contributed by atoms with Crippen molar-refractivity contribution >= 4 is 34.5 Å². The number of non-ortho nitro benzene ring substituents is 1. The number of aromatic nitrogens is 1. The molecule has 36 heavy (non-hydrogen) atoms. The van der Waals surface area contributed by atoms with E-state index in [-0.39, 0.29) is 12.1 Å². The Morgan fingerprint density at radius 1 is 1.17 bits per heavy atom. The Labute approximate surface area is 206 Å². The molecule has 0 unspecified atom stereocenters. The van der Waals surface area contributed by atoms with E-state index in [4.69, 9.17) is 4.74 Å². The Morgan fingerprint density at radius 3 is 2.64 bits per heavy atom. The number of H-pyrrole nitrogens is 1. The number of hydrogen-bond acceptors (Lipinski definition) is 6. The van der Waals surface area contributed by atoms with Crippen LogP contribution in [0.2, 0.25) is 0 Å². The van der Waals surface area contributed by atoms with Crippen LogP contribution in [0.4, 0.5) is 10.5 Å². The van der Waals surface area contributed by atoms with Crippen LogP contribution in [0.3, 0.4) is 0 Å². The van der Waals surface area contributed by atoms with Gasteiger partial charge in [0.25, 0.3) is 11.6 Å². The average molecular weight is 492 g/mol. The number of amides is 3. The summed E-state index contributed by atoms with van der Waals surface area (Å²) in [6.45, 7) is 4.69. The number of rotatable bonds is 3. The number of para-hydroxylation sites is 1. The summed E-state index contributed by atoms with van der Waals surface area (Å²) in [5, 5.41) is 13.4. The third kappa shape index (κ3) is 4.02. The molecule has 1 saturated heterocycles. The van der Waals surface area contributed by atoms with Gasteiger partial charge >= 0.3 is 6.09 Å². The zero-order chi connectivity index (χ0) is 25.8. The van der Waals surface area contributed by atoms with Gasteiger partial charge in [0.2, 0.25) is 5.91 Å². The largest absolute Gasteiger partial charge is 0.443 e. The van der Waals surface area contributed by atoms with Crippen LogP contribution in [0.1, 0.15) is 43.6 Å². The van der Waals surface area contributed by atoms with E-state index in [1.807, 2.05) is 24.3 Å². The van der Waals surface area contributed by atoms with Gasteiger partial charge in [-0.25, -0.2) is 15.2 Å². The minimum absolute atomic E-state index is 0.115. The topological polar surface area (TPSA) is 138 Å². The van der Waals surface area contributed by atoms with Crippen molar-refractivity contribution in [1.29, 1.82) is 0 Å². The van der Waals surface area contributed by atoms with Crippen LogP contribution in [0.25, 0.3) is 10.9 Å². The first-order valence-corrected chi connectivity index (χ1v) is 11.5. The fourth-order valence-electron chi connectivity index (χ4n) is 4.93. The molecule has 186 valence electrons. The molecule has 3 aromatic rings. The first-order chi connectivity index (χ1) is 17.0. The molecule has 3 heterocycles. The summed E-state index contributed by atoms with van der Waals surface area (Å²) in [6, 6.07) is 12.0. The Morgan fingerprint density at radius 2 is 1.92 bits per heavy atom. The standard InChI is InChI=1S/C25H25N5O6/c1-25(2,3)36-24(33)27-28-13-20(31)29-19(23(28)32)12-17-16-9-4-5-10-18(16)26-21(17)22(29)14-7-6-8-15(11-14)30(34)35/h4-11,19,22,26H,12-13H2,1-3H3,(H,27,33)/t19-,22+/m1/s1. The Hall–Kier alpha value is -4.41. The zero-order valence-electron chi connectivity index (χ0n) is 20.0. The molecule has 2 aliphatic heterocycles. The number of nitrogens with one attached hydrogen (secondary N) is 2.